The Morgan fingerprint density at radius 1 is 1.00 bits per heavy atom. The average Bonchev–Trinajstić information content (AvgIpc) is 2.67. The molecule has 0 unspecified atom stereocenters. The second kappa shape index (κ2) is 4.34. The third-order valence-corrected chi connectivity index (χ3v) is 5.25. The molecule has 3 atom stereocenters. The molecule has 4 heteroatoms. The van der Waals surface area contributed by atoms with E-state index in [1.54, 1.807) is 4.90 Å². The van der Waals surface area contributed by atoms with Crippen molar-refractivity contribution in [3.63, 3.8) is 0 Å². The summed E-state index contributed by atoms with van der Waals surface area (Å²) >= 11 is 0. The van der Waals surface area contributed by atoms with Crippen molar-refractivity contribution >= 4 is 11.8 Å². The zero-order valence-corrected chi connectivity index (χ0v) is 11.2. The summed E-state index contributed by atoms with van der Waals surface area (Å²) in [6, 6.07) is 0.685. The molecule has 0 spiro atoms. The van der Waals surface area contributed by atoms with Crippen LogP contribution in [0.4, 0.5) is 0 Å². The average molecular weight is 251 g/mol. The highest BCUT2D eigenvalue weighted by Gasteiger charge is 2.49. The number of nitrogens with zero attached hydrogens (tertiary/aromatic N) is 2. The van der Waals surface area contributed by atoms with Crippen LogP contribution in [0, 0.1) is 0 Å². The van der Waals surface area contributed by atoms with Crippen molar-refractivity contribution in [1.82, 2.24) is 4.90 Å². The zero-order valence-electron chi connectivity index (χ0n) is 11.2. The van der Waals surface area contributed by atoms with E-state index in [0.29, 0.717) is 18.9 Å². The summed E-state index contributed by atoms with van der Waals surface area (Å²) in [4.78, 5) is 25.6. The number of carbonyl (C=O) groups is 2. The molecule has 0 bridgehead atoms. The third-order valence-electron chi connectivity index (χ3n) is 5.25. The predicted molar refractivity (Wildman–Crippen MR) is 67.7 cm³/mol. The number of fused-ring (bicyclic) bond motifs is 1. The number of quaternary nitrogens is 1. The molecule has 4 nitrogen and oxygen atoms in total. The number of rotatable bonds is 1. The van der Waals surface area contributed by atoms with Crippen LogP contribution < -0.4 is 0 Å². The van der Waals surface area contributed by atoms with Crippen molar-refractivity contribution in [2.24, 2.45) is 0 Å². The summed E-state index contributed by atoms with van der Waals surface area (Å²) in [5, 5.41) is 0. The van der Waals surface area contributed by atoms with Crippen molar-refractivity contribution in [3.05, 3.63) is 0 Å². The van der Waals surface area contributed by atoms with Gasteiger partial charge in [-0.2, -0.15) is 0 Å². The van der Waals surface area contributed by atoms with E-state index in [1.165, 1.54) is 32.4 Å². The number of hydrogen-bond acceptors (Lipinski definition) is 2. The number of amides is 2. The Hall–Kier alpha value is -0.900. The summed E-state index contributed by atoms with van der Waals surface area (Å²) in [5.41, 5.74) is 0. The van der Waals surface area contributed by atoms with E-state index in [4.69, 9.17) is 0 Å². The first kappa shape index (κ1) is 12.2. The van der Waals surface area contributed by atoms with E-state index >= 15 is 0 Å². The monoisotopic (exact) mass is 251 g/mol. The lowest BCUT2D eigenvalue weighted by Crippen LogP contribution is -2.66. The Morgan fingerprint density at radius 2 is 1.67 bits per heavy atom. The first-order valence-electron chi connectivity index (χ1n) is 7.31. The SMILES string of the molecule is C[N@+]12CCCC[C@@H]1[C@H](N1C(=O)CCC1=O)CCC2. The molecular weight excluding hydrogens is 228 g/mol. The van der Waals surface area contributed by atoms with Crippen LogP contribution in [0.5, 0.6) is 0 Å². The number of likely N-dealkylation sites (N-methyl/N-ethyl adjacent to an activating group) is 1. The first-order valence-corrected chi connectivity index (χ1v) is 7.31. The van der Waals surface area contributed by atoms with Gasteiger partial charge in [-0.25, -0.2) is 0 Å². The van der Waals surface area contributed by atoms with E-state index in [9.17, 15) is 9.59 Å². The fourth-order valence-corrected chi connectivity index (χ4v) is 4.31. The van der Waals surface area contributed by atoms with Gasteiger partial charge in [-0.3, -0.25) is 14.5 Å². The summed E-state index contributed by atoms with van der Waals surface area (Å²) in [7, 11) is 2.32. The lowest BCUT2D eigenvalue weighted by Gasteiger charge is -2.52. The largest absolute Gasteiger partial charge is 0.322 e. The molecule has 3 aliphatic rings. The van der Waals surface area contributed by atoms with Crippen LogP contribution in [0.25, 0.3) is 0 Å². The van der Waals surface area contributed by atoms with Gasteiger partial charge in [0.1, 0.15) is 6.04 Å². The Morgan fingerprint density at radius 3 is 2.39 bits per heavy atom. The minimum Gasteiger partial charge on any atom is -0.322 e. The number of imide groups is 1. The van der Waals surface area contributed by atoms with Crippen LogP contribution in [0.2, 0.25) is 0 Å². The maximum absolute atomic E-state index is 12.0. The Kier molecular flexibility index (Phi) is 2.93. The normalized spacial score (nSPS) is 41.1. The highest BCUT2D eigenvalue weighted by Crippen LogP contribution is 2.36. The number of piperidine rings is 2. The zero-order chi connectivity index (χ0) is 12.8. The van der Waals surface area contributed by atoms with E-state index in [-0.39, 0.29) is 17.9 Å². The lowest BCUT2D eigenvalue weighted by molar-refractivity contribution is -0.944. The van der Waals surface area contributed by atoms with Crippen LogP contribution in [-0.4, -0.2) is 53.4 Å². The quantitative estimate of drug-likeness (QED) is 0.520. The van der Waals surface area contributed by atoms with Gasteiger partial charge in [0.05, 0.1) is 26.2 Å². The molecule has 0 radical (unpaired) electrons. The summed E-state index contributed by atoms with van der Waals surface area (Å²) in [5.74, 6) is 0.146. The van der Waals surface area contributed by atoms with E-state index < -0.39 is 0 Å². The molecule has 0 aromatic heterocycles. The standard InChI is InChI=1S/C14H23N2O2/c1-16-9-3-2-6-12(16)11(5-4-10-16)15-13(17)7-8-14(15)18/h11-12H,2-10H2,1H3/q+1/t11-,12-,16-/m1/s1. The van der Waals surface area contributed by atoms with Crippen molar-refractivity contribution in [2.75, 3.05) is 20.1 Å². The topological polar surface area (TPSA) is 37.4 Å². The molecule has 3 saturated heterocycles. The molecule has 0 aliphatic carbocycles. The maximum Gasteiger partial charge on any atom is 0.230 e. The van der Waals surface area contributed by atoms with E-state index in [2.05, 4.69) is 7.05 Å². The molecule has 18 heavy (non-hydrogen) atoms. The first-order chi connectivity index (χ1) is 8.62. The summed E-state index contributed by atoms with van der Waals surface area (Å²) < 4.78 is 1.09. The van der Waals surface area contributed by atoms with Crippen molar-refractivity contribution in [1.29, 1.82) is 0 Å². The second-order valence-corrected chi connectivity index (χ2v) is 6.36. The van der Waals surface area contributed by atoms with Gasteiger partial charge >= 0.3 is 0 Å². The molecule has 3 rings (SSSR count). The molecule has 0 aromatic rings. The Labute approximate surface area is 109 Å². The van der Waals surface area contributed by atoms with Crippen molar-refractivity contribution in [3.8, 4) is 0 Å². The van der Waals surface area contributed by atoms with Gasteiger partial charge in [-0.05, 0) is 25.7 Å². The molecule has 3 heterocycles. The Balaban J connectivity index is 1.86. The number of hydrogen-bond donors (Lipinski definition) is 0. The molecule has 2 amide bonds. The molecule has 0 saturated carbocycles. The number of carbonyl (C=O) groups excluding carboxylic acids is 2. The highest BCUT2D eigenvalue weighted by molar-refractivity contribution is 6.02. The lowest BCUT2D eigenvalue weighted by atomic mass is 9.85. The minimum absolute atomic E-state index is 0.0732. The summed E-state index contributed by atoms with van der Waals surface area (Å²) in [6.07, 6.45) is 6.77. The third kappa shape index (κ3) is 1.78. The molecular formula is C14H23N2O2+. The fourth-order valence-electron chi connectivity index (χ4n) is 4.31. The second-order valence-electron chi connectivity index (χ2n) is 6.36. The summed E-state index contributed by atoms with van der Waals surface area (Å²) in [6.45, 7) is 2.44. The number of likely N-dealkylation sites (tertiary alicyclic amines) is 1. The van der Waals surface area contributed by atoms with Crippen LogP contribution in [-0.2, 0) is 9.59 Å². The van der Waals surface area contributed by atoms with Gasteiger partial charge in [-0.1, -0.05) is 0 Å². The molecule has 100 valence electrons. The van der Waals surface area contributed by atoms with Crippen molar-refractivity contribution < 1.29 is 14.1 Å². The van der Waals surface area contributed by atoms with Crippen LogP contribution in [0.15, 0.2) is 0 Å². The molecule has 3 fully saturated rings. The highest BCUT2D eigenvalue weighted by atomic mass is 16.2. The van der Waals surface area contributed by atoms with Crippen molar-refractivity contribution in [2.45, 2.75) is 57.0 Å². The molecule has 3 aliphatic heterocycles. The van der Waals surface area contributed by atoms with Gasteiger partial charge in [0.25, 0.3) is 0 Å². The maximum atomic E-state index is 12.0. The van der Waals surface area contributed by atoms with Crippen LogP contribution >= 0.6 is 0 Å². The Bertz CT molecular complexity index is 362. The van der Waals surface area contributed by atoms with Gasteiger partial charge in [0, 0.05) is 19.3 Å². The van der Waals surface area contributed by atoms with Gasteiger partial charge in [0.15, 0.2) is 0 Å². The van der Waals surface area contributed by atoms with Crippen LogP contribution in [0.1, 0.15) is 44.9 Å². The predicted octanol–water partition coefficient (Wildman–Crippen LogP) is 1.30. The van der Waals surface area contributed by atoms with E-state index in [1.807, 2.05) is 0 Å². The smallest absolute Gasteiger partial charge is 0.230 e. The minimum atomic E-state index is 0.0732. The van der Waals surface area contributed by atoms with Gasteiger partial charge in [0.2, 0.25) is 11.8 Å². The van der Waals surface area contributed by atoms with Crippen LogP contribution in [0.3, 0.4) is 0 Å². The van der Waals surface area contributed by atoms with Gasteiger partial charge < -0.3 is 4.48 Å². The fraction of sp³-hybridized carbons (Fsp3) is 0.857. The van der Waals surface area contributed by atoms with Gasteiger partial charge in [-0.15, -0.1) is 0 Å². The molecule has 0 aromatic carbocycles. The van der Waals surface area contributed by atoms with E-state index in [0.717, 1.165) is 17.3 Å². The molecule has 0 N–H and O–H groups in total.